The molecule has 6 nitrogen and oxygen atoms in total. The molecule has 33 heavy (non-hydrogen) atoms. The summed E-state index contributed by atoms with van der Waals surface area (Å²) in [6.45, 7) is 3.66. The van der Waals surface area contributed by atoms with E-state index in [0.717, 1.165) is 17.2 Å². The van der Waals surface area contributed by atoms with E-state index in [-0.39, 0.29) is 18.1 Å². The molecule has 0 unspecified atom stereocenters. The number of halogens is 3. The first-order valence-corrected chi connectivity index (χ1v) is 10.5. The Labute approximate surface area is 191 Å². The van der Waals surface area contributed by atoms with Gasteiger partial charge in [0, 0.05) is 30.5 Å². The number of aliphatic imine (C=N–C) groups is 1. The highest BCUT2D eigenvalue weighted by Crippen LogP contribution is 2.37. The number of ether oxygens (including phenoxy) is 2. The number of rotatable bonds is 6. The van der Waals surface area contributed by atoms with Gasteiger partial charge in [-0.2, -0.15) is 18.3 Å². The van der Waals surface area contributed by atoms with Gasteiger partial charge >= 0.3 is 6.18 Å². The number of alkyl halides is 3. The summed E-state index contributed by atoms with van der Waals surface area (Å²) in [6.07, 6.45) is -1.53. The van der Waals surface area contributed by atoms with Crippen LogP contribution in [-0.4, -0.2) is 18.8 Å². The lowest BCUT2D eigenvalue weighted by Gasteiger charge is -2.20. The van der Waals surface area contributed by atoms with E-state index in [1.54, 1.807) is 24.4 Å². The van der Waals surface area contributed by atoms with E-state index in [1.807, 2.05) is 19.9 Å². The summed E-state index contributed by atoms with van der Waals surface area (Å²) in [4.78, 5) is 4.38. The normalized spacial score (nSPS) is 20.1. The number of allylic oxidation sites excluding steroid dienone is 1. The predicted octanol–water partition coefficient (Wildman–Crippen LogP) is 5.35. The van der Waals surface area contributed by atoms with E-state index in [2.05, 4.69) is 15.5 Å². The van der Waals surface area contributed by atoms with Gasteiger partial charge < -0.3 is 15.2 Å². The summed E-state index contributed by atoms with van der Waals surface area (Å²) >= 11 is 0. The molecule has 1 aliphatic heterocycles. The molecule has 0 amide bonds. The summed E-state index contributed by atoms with van der Waals surface area (Å²) in [5.74, 6) is 1.73. The second-order valence-electron chi connectivity index (χ2n) is 7.61. The molecule has 9 heteroatoms. The van der Waals surface area contributed by atoms with E-state index in [1.165, 1.54) is 19.2 Å². The van der Waals surface area contributed by atoms with Gasteiger partial charge in [0.05, 0.1) is 12.7 Å². The summed E-state index contributed by atoms with van der Waals surface area (Å²) < 4.78 is 51.0. The molecule has 0 aromatic heterocycles. The molecule has 0 spiro atoms. The number of amidine groups is 2. The van der Waals surface area contributed by atoms with Crippen molar-refractivity contribution in [3.05, 3.63) is 70.9 Å². The standard InChI is InChI=1S/C24H27F3N4O2/c1-4-23-30-22(28)12-18(15(2)13-29-31-23)16-9-10-20(21(11-16)32-3)33-14-17-7-5-6-8-19(17)24(25,26)27/h5-11,13,18,29H,4,12,14H2,1-3H3,(H2,28,30,31)/b15-13+/t18-/m1/s1. The van der Waals surface area contributed by atoms with Crippen LogP contribution in [0.5, 0.6) is 11.5 Å². The van der Waals surface area contributed by atoms with Gasteiger partial charge in [-0.05, 0) is 36.3 Å². The lowest BCUT2D eigenvalue weighted by Crippen LogP contribution is -2.18. The van der Waals surface area contributed by atoms with Crippen molar-refractivity contribution in [2.45, 2.75) is 45.4 Å². The average Bonchev–Trinajstić information content (AvgIpc) is 2.86. The van der Waals surface area contributed by atoms with Gasteiger partial charge in [0.2, 0.25) is 0 Å². The minimum Gasteiger partial charge on any atom is -0.493 e. The first-order chi connectivity index (χ1) is 15.7. The van der Waals surface area contributed by atoms with Crippen LogP contribution in [0.15, 0.2) is 64.3 Å². The highest BCUT2D eigenvalue weighted by atomic mass is 19.4. The minimum atomic E-state index is -4.45. The van der Waals surface area contributed by atoms with Gasteiger partial charge in [-0.25, -0.2) is 4.99 Å². The SMILES string of the molecule is CC/C1=N\N/C=C(\C)[C@H](c2ccc(OCc3ccccc3C(F)(F)F)c(OC)c2)CC(N)=N1. The Kier molecular flexibility index (Phi) is 7.63. The second kappa shape index (κ2) is 10.4. The van der Waals surface area contributed by atoms with Gasteiger partial charge in [0.1, 0.15) is 18.3 Å². The Morgan fingerprint density at radius 2 is 1.91 bits per heavy atom. The van der Waals surface area contributed by atoms with Crippen LogP contribution in [0.4, 0.5) is 13.2 Å². The first kappa shape index (κ1) is 24.2. The van der Waals surface area contributed by atoms with Crippen molar-refractivity contribution in [2.75, 3.05) is 7.11 Å². The van der Waals surface area contributed by atoms with Crippen LogP contribution < -0.4 is 20.6 Å². The maximum Gasteiger partial charge on any atom is 0.416 e. The van der Waals surface area contributed by atoms with Gasteiger partial charge in [-0.15, -0.1) is 0 Å². The van der Waals surface area contributed by atoms with Crippen LogP contribution in [0.1, 0.15) is 49.3 Å². The monoisotopic (exact) mass is 460 g/mol. The third-order valence-electron chi connectivity index (χ3n) is 5.33. The highest BCUT2D eigenvalue weighted by Gasteiger charge is 2.33. The van der Waals surface area contributed by atoms with E-state index in [4.69, 9.17) is 15.2 Å². The largest absolute Gasteiger partial charge is 0.493 e. The van der Waals surface area contributed by atoms with Gasteiger partial charge in [-0.3, -0.25) is 5.43 Å². The first-order valence-electron chi connectivity index (χ1n) is 10.5. The molecule has 1 aliphatic rings. The fourth-order valence-corrected chi connectivity index (χ4v) is 3.55. The maximum absolute atomic E-state index is 13.3. The number of hydrazone groups is 1. The fourth-order valence-electron chi connectivity index (χ4n) is 3.55. The van der Waals surface area contributed by atoms with E-state index in [9.17, 15) is 13.2 Å². The van der Waals surface area contributed by atoms with Gasteiger partial charge in [0.25, 0.3) is 0 Å². The number of nitrogens with zero attached hydrogens (tertiary/aromatic N) is 2. The molecule has 0 saturated carbocycles. The number of hydrogen-bond acceptors (Lipinski definition) is 6. The number of benzene rings is 2. The van der Waals surface area contributed by atoms with Crippen molar-refractivity contribution < 1.29 is 22.6 Å². The van der Waals surface area contributed by atoms with Crippen LogP contribution in [0.2, 0.25) is 0 Å². The van der Waals surface area contributed by atoms with Crippen LogP contribution in [0, 0.1) is 0 Å². The topological polar surface area (TPSA) is 81.2 Å². The molecule has 2 aromatic carbocycles. The molecule has 1 atom stereocenters. The highest BCUT2D eigenvalue weighted by molar-refractivity contribution is 5.96. The van der Waals surface area contributed by atoms with E-state index in [0.29, 0.717) is 36.0 Å². The number of methoxy groups -OCH3 is 1. The Balaban J connectivity index is 1.85. The van der Waals surface area contributed by atoms with Crippen molar-refractivity contribution in [2.24, 2.45) is 15.8 Å². The van der Waals surface area contributed by atoms with Crippen LogP contribution in [-0.2, 0) is 12.8 Å². The van der Waals surface area contributed by atoms with Crippen molar-refractivity contribution in [3.63, 3.8) is 0 Å². The number of nitrogens with one attached hydrogen (secondary N) is 1. The third kappa shape index (κ3) is 6.06. The number of nitrogens with two attached hydrogens (primary N) is 1. The zero-order valence-electron chi connectivity index (χ0n) is 18.7. The molecule has 0 aliphatic carbocycles. The van der Waals surface area contributed by atoms with Crippen molar-refractivity contribution in [3.8, 4) is 11.5 Å². The van der Waals surface area contributed by atoms with Gasteiger partial charge in [-0.1, -0.05) is 31.2 Å². The molecule has 0 radical (unpaired) electrons. The van der Waals surface area contributed by atoms with Crippen LogP contribution in [0.25, 0.3) is 0 Å². The summed E-state index contributed by atoms with van der Waals surface area (Å²) in [6, 6.07) is 10.7. The third-order valence-corrected chi connectivity index (χ3v) is 5.33. The van der Waals surface area contributed by atoms with Crippen LogP contribution in [0.3, 0.4) is 0 Å². The van der Waals surface area contributed by atoms with Crippen LogP contribution >= 0.6 is 0 Å². The fraction of sp³-hybridized carbons (Fsp3) is 0.333. The molecule has 0 bridgehead atoms. The Morgan fingerprint density at radius 1 is 1.15 bits per heavy atom. The van der Waals surface area contributed by atoms with Gasteiger partial charge in [0.15, 0.2) is 11.5 Å². The molecule has 3 rings (SSSR count). The lowest BCUT2D eigenvalue weighted by atomic mass is 9.89. The lowest BCUT2D eigenvalue weighted by molar-refractivity contribution is -0.138. The molecule has 0 fully saturated rings. The van der Waals surface area contributed by atoms with Crippen molar-refractivity contribution >= 4 is 11.7 Å². The molecule has 176 valence electrons. The zero-order chi connectivity index (χ0) is 24.0. The Morgan fingerprint density at radius 3 is 2.61 bits per heavy atom. The Bertz CT molecular complexity index is 1080. The molecular formula is C24H27F3N4O2. The van der Waals surface area contributed by atoms with E-state index < -0.39 is 11.7 Å². The predicted molar refractivity (Wildman–Crippen MR) is 122 cm³/mol. The summed E-state index contributed by atoms with van der Waals surface area (Å²) in [7, 11) is 1.49. The Hall–Kier alpha value is -3.49. The zero-order valence-corrected chi connectivity index (χ0v) is 18.7. The smallest absolute Gasteiger partial charge is 0.416 e. The summed E-state index contributed by atoms with van der Waals surface area (Å²) in [5, 5.41) is 4.21. The molecule has 1 heterocycles. The quantitative estimate of drug-likeness (QED) is 0.609. The minimum absolute atomic E-state index is 0.0490. The maximum atomic E-state index is 13.3. The van der Waals surface area contributed by atoms with E-state index >= 15 is 0 Å². The number of hydrogen-bond donors (Lipinski definition) is 2. The molecule has 0 saturated heterocycles. The molecule has 2 aromatic rings. The van der Waals surface area contributed by atoms with Crippen molar-refractivity contribution in [1.82, 2.24) is 5.43 Å². The molecular weight excluding hydrogens is 433 g/mol. The average molecular weight is 461 g/mol. The molecule has 3 N–H and O–H groups in total. The second-order valence-corrected chi connectivity index (χ2v) is 7.61. The summed E-state index contributed by atoms with van der Waals surface area (Å²) in [5.41, 5.74) is 10.3. The van der Waals surface area contributed by atoms with Crippen molar-refractivity contribution in [1.29, 1.82) is 0 Å².